The Morgan fingerprint density at radius 1 is 1.38 bits per heavy atom. The first kappa shape index (κ1) is 15.2. The molecule has 0 spiro atoms. The summed E-state index contributed by atoms with van der Waals surface area (Å²) >= 11 is 0. The molecule has 0 aliphatic heterocycles. The molecule has 2 N–H and O–H groups in total. The van der Waals surface area contributed by atoms with Crippen molar-refractivity contribution in [2.45, 2.75) is 26.3 Å². The van der Waals surface area contributed by atoms with Crippen molar-refractivity contribution in [3.63, 3.8) is 0 Å². The average molecular weight is 223 g/mol. The van der Waals surface area contributed by atoms with E-state index in [1.54, 1.807) is 0 Å². The molecule has 76 valence electrons. The maximum atomic E-state index is 5.46. The molecule has 1 aromatic heterocycles. The zero-order valence-corrected chi connectivity index (χ0v) is 9.49. The first-order valence-corrected chi connectivity index (χ1v) is 3.89. The summed E-state index contributed by atoms with van der Waals surface area (Å²) in [6.45, 7) is 4.85. The Hall–Kier alpha value is -0.310. The zero-order valence-electron chi connectivity index (χ0n) is 7.86. The predicted octanol–water partition coefficient (Wildman–Crippen LogP) is 2.51. The van der Waals surface area contributed by atoms with E-state index >= 15 is 0 Å². The molecular weight excluding hydrogens is 207 g/mol. The Bertz CT molecular complexity index is 239. The standard InChI is InChI=1S/C9H14N2.2ClH/c1-7(2)8-3-4-11-9(5-8)6-10;;/h3-5,7H,6,10H2,1-2H3;2*1H. The van der Waals surface area contributed by atoms with Crippen LogP contribution in [0.15, 0.2) is 18.3 Å². The third kappa shape index (κ3) is 4.46. The van der Waals surface area contributed by atoms with Gasteiger partial charge in [0.05, 0.1) is 5.69 Å². The van der Waals surface area contributed by atoms with Gasteiger partial charge in [-0.2, -0.15) is 0 Å². The highest BCUT2D eigenvalue weighted by Crippen LogP contribution is 2.13. The fourth-order valence-electron chi connectivity index (χ4n) is 0.968. The Morgan fingerprint density at radius 3 is 2.46 bits per heavy atom. The summed E-state index contributed by atoms with van der Waals surface area (Å²) in [5.41, 5.74) is 7.73. The van der Waals surface area contributed by atoms with Crippen molar-refractivity contribution in [2.75, 3.05) is 0 Å². The van der Waals surface area contributed by atoms with Gasteiger partial charge in [0.15, 0.2) is 0 Å². The Morgan fingerprint density at radius 2 is 2.00 bits per heavy atom. The lowest BCUT2D eigenvalue weighted by molar-refractivity contribution is 0.851. The van der Waals surface area contributed by atoms with Crippen LogP contribution in [0.4, 0.5) is 0 Å². The predicted molar refractivity (Wildman–Crippen MR) is 60.7 cm³/mol. The number of nitrogens with zero attached hydrogens (tertiary/aromatic N) is 1. The monoisotopic (exact) mass is 222 g/mol. The van der Waals surface area contributed by atoms with E-state index < -0.39 is 0 Å². The van der Waals surface area contributed by atoms with Crippen molar-refractivity contribution in [1.82, 2.24) is 4.98 Å². The summed E-state index contributed by atoms with van der Waals surface area (Å²) in [6, 6.07) is 4.09. The number of nitrogens with two attached hydrogens (primary N) is 1. The lowest BCUT2D eigenvalue weighted by Crippen LogP contribution is -2.00. The summed E-state index contributed by atoms with van der Waals surface area (Å²) in [4.78, 5) is 4.12. The largest absolute Gasteiger partial charge is 0.325 e. The third-order valence-corrected chi connectivity index (χ3v) is 1.72. The second-order valence-corrected chi connectivity index (χ2v) is 2.94. The van der Waals surface area contributed by atoms with E-state index in [2.05, 4.69) is 24.9 Å². The Kier molecular flexibility index (Phi) is 8.32. The molecule has 1 heterocycles. The number of pyridine rings is 1. The van der Waals surface area contributed by atoms with Crippen molar-refractivity contribution in [1.29, 1.82) is 0 Å². The SMILES string of the molecule is CC(C)c1ccnc(CN)c1.Cl.Cl. The average Bonchev–Trinajstić information content (AvgIpc) is 2.05. The maximum absolute atomic E-state index is 5.46. The molecule has 0 bridgehead atoms. The van der Waals surface area contributed by atoms with Crippen LogP contribution in [0.3, 0.4) is 0 Å². The van der Waals surface area contributed by atoms with Gasteiger partial charge in [0, 0.05) is 12.7 Å². The highest BCUT2D eigenvalue weighted by atomic mass is 35.5. The summed E-state index contributed by atoms with van der Waals surface area (Å²) in [6.07, 6.45) is 1.82. The van der Waals surface area contributed by atoms with Crippen LogP contribution in [-0.2, 0) is 6.54 Å². The van der Waals surface area contributed by atoms with Crippen molar-refractivity contribution in [3.8, 4) is 0 Å². The van der Waals surface area contributed by atoms with Gasteiger partial charge < -0.3 is 5.73 Å². The molecule has 0 unspecified atom stereocenters. The molecule has 0 aliphatic rings. The van der Waals surface area contributed by atoms with Crippen LogP contribution in [0, 0.1) is 0 Å². The molecule has 0 aliphatic carbocycles. The van der Waals surface area contributed by atoms with Crippen LogP contribution in [0.1, 0.15) is 31.0 Å². The quantitative estimate of drug-likeness (QED) is 0.836. The van der Waals surface area contributed by atoms with Gasteiger partial charge in [-0.3, -0.25) is 4.98 Å². The summed E-state index contributed by atoms with van der Waals surface area (Å²) in [7, 11) is 0. The molecule has 0 saturated heterocycles. The molecule has 13 heavy (non-hydrogen) atoms. The first-order valence-electron chi connectivity index (χ1n) is 3.89. The smallest absolute Gasteiger partial charge is 0.0542 e. The van der Waals surface area contributed by atoms with E-state index in [0.717, 1.165) is 5.69 Å². The van der Waals surface area contributed by atoms with E-state index in [1.807, 2.05) is 12.3 Å². The van der Waals surface area contributed by atoms with Crippen LogP contribution < -0.4 is 5.73 Å². The molecular formula is C9H16Cl2N2. The highest BCUT2D eigenvalue weighted by molar-refractivity contribution is 5.85. The van der Waals surface area contributed by atoms with Crippen LogP contribution in [0.5, 0.6) is 0 Å². The molecule has 0 aromatic carbocycles. The highest BCUT2D eigenvalue weighted by Gasteiger charge is 1.98. The van der Waals surface area contributed by atoms with Gasteiger partial charge in [0.25, 0.3) is 0 Å². The lowest BCUT2D eigenvalue weighted by atomic mass is 10.0. The molecule has 0 radical (unpaired) electrons. The van der Waals surface area contributed by atoms with Crippen molar-refractivity contribution >= 4 is 24.8 Å². The van der Waals surface area contributed by atoms with Crippen LogP contribution in [-0.4, -0.2) is 4.98 Å². The molecule has 4 heteroatoms. The minimum atomic E-state index is 0. The second kappa shape index (κ2) is 7.13. The number of aromatic nitrogens is 1. The van der Waals surface area contributed by atoms with Crippen molar-refractivity contribution < 1.29 is 0 Å². The molecule has 2 nitrogen and oxygen atoms in total. The molecule has 0 saturated carbocycles. The third-order valence-electron chi connectivity index (χ3n) is 1.72. The van der Waals surface area contributed by atoms with E-state index in [1.165, 1.54) is 5.56 Å². The summed E-state index contributed by atoms with van der Waals surface area (Å²) < 4.78 is 0. The Balaban J connectivity index is 0. The van der Waals surface area contributed by atoms with E-state index in [0.29, 0.717) is 12.5 Å². The number of halogens is 2. The first-order chi connectivity index (χ1) is 5.24. The van der Waals surface area contributed by atoms with Gasteiger partial charge in [-0.1, -0.05) is 13.8 Å². The normalized spacial score (nSPS) is 8.92. The fraction of sp³-hybridized carbons (Fsp3) is 0.444. The topological polar surface area (TPSA) is 38.9 Å². The molecule has 1 rings (SSSR count). The van der Waals surface area contributed by atoms with Gasteiger partial charge in [-0.05, 0) is 23.6 Å². The minimum absolute atomic E-state index is 0. The lowest BCUT2D eigenvalue weighted by Gasteiger charge is -2.05. The van der Waals surface area contributed by atoms with Crippen LogP contribution in [0.25, 0.3) is 0 Å². The van der Waals surface area contributed by atoms with Gasteiger partial charge in [0.2, 0.25) is 0 Å². The van der Waals surface area contributed by atoms with E-state index in [9.17, 15) is 0 Å². The van der Waals surface area contributed by atoms with Crippen molar-refractivity contribution in [3.05, 3.63) is 29.6 Å². The molecule has 0 amide bonds. The van der Waals surface area contributed by atoms with Gasteiger partial charge in [0.1, 0.15) is 0 Å². The maximum Gasteiger partial charge on any atom is 0.0542 e. The number of hydrogen-bond donors (Lipinski definition) is 1. The molecule has 0 atom stereocenters. The van der Waals surface area contributed by atoms with Gasteiger partial charge in [-0.15, -0.1) is 24.8 Å². The van der Waals surface area contributed by atoms with Crippen LogP contribution >= 0.6 is 24.8 Å². The zero-order chi connectivity index (χ0) is 8.27. The fourth-order valence-corrected chi connectivity index (χ4v) is 0.968. The number of hydrogen-bond acceptors (Lipinski definition) is 2. The van der Waals surface area contributed by atoms with Crippen molar-refractivity contribution in [2.24, 2.45) is 5.73 Å². The second-order valence-electron chi connectivity index (χ2n) is 2.94. The Labute approximate surface area is 91.8 Å². The number of rotatable bonds is 2. The summed E-state index contributed by atoms with van der Waals surface area (Å²) in [5.74, 6) is 0.559. The minimum Gasteiger partial charge on any atom is -0.325 e. The van der Waals surface area contributed by atoms with E-state index in [-0.39, 0.29) is 24.8 Å². The van der Waals surface area contributed by atoms with Gasteiger partial charge >= 0.3 is 0 Å². The van der Waals surface area contributed by atoms with Gasteiger partial charge in [-0.25, -0.2) is 0 Å². The van der Waals surface area contributed by atoms with E-state index in [4.69, 9.17) is 5.73 Å². The van der Waals surface area contributed by atoms with Crippen LogP contribution in [0.2, 0.25) is 0 Å². The molecule has 1 aromatic rings. The summed E-state index contributed by atoms with van der Waals surface area (Å²) in [5, 5.41) is 0. The molecule has 0 fully saturated rings.